The zero-order valence-electron chi connectivity index (χ0n) is 11.3. The third-order valence-electron chi connectivity index (χ3n) is 3.95. The van der Waals surface area contributed by atoms with Crippen molar-refractivity contribution in [3.05, 3.63) is 28.8 Å². The van der Waals surface area contributed by atoms with Gasteiger partial charge in [0.05, 0.1) is 12.5 Å². The van der Waals surface area contributed by atoms with Crippen LogP contribution in [0.1, 0.15) is 42.3 Å². The predicted octanol–water partition coefficient (Wildman–Crippen LogP) is 4.64. The topological polar surface area (TPSA) is 9.23 Å². The van der Waals surface area contributed by atoms with Crippen LogP contribution in [0, 0.1) is 25.2 Å². The first kappa shape index (κ1) is 12.8. The standard InChI is InChI=1S/C15H21ClO/c1-9-6-11(7-10(2)14(9)17-5)13(16)12-8-15(12,3)4/h6-7,12-13H,8H2,1-5H3. The molecule has 0 N–H and O–H groups in total. The van der Waals surface area contributed by atoms with E-state index in [4.69, 9.17) is 16.3 Å². The summed E-state index contributed by atoms with van der Waals surface area (Å²) >= 11 is 6.59. The fourth-order valence-corrected chi connectivity index (χ4v) is 3.26. The van der Waals surface area contributed by atoms with Crippen LogP contribution in [0.4, 0.5) is 0 Å². The molecule has 1 aromatic rings. The molecule has 0 aromatic heterocycles. The van der Waals surface area contributed by atoms with Gasteiger partial charge in [0.1, 0.15) is 5.75 Å². The van der Waals surface area contributed by atoms with Crippen molar-refractivity contribution in [1.29, 1.82) is 0 Å². The fraction of sp³-hybridized carbons (Fsp3) is 0.600. The Bertz CT molecular complexity index is 414. The second-order valence-electron chi connectivity index (χ2n) is 5.89. The van der Waals surface area contributed by atoms with Gasteiger partial charge in [0, 0.05) is 0 Å². The van der Waals surface area contributed by atoms with Gasteiger partial charge in [0.25, 0.3) is 0 Å². The highest BCUT2D eigenvalue weighted by Crippen LogP contribution is 2.60. The molecule has 0 spiro atoms. The monoisotopic (exact) mass is 252 g/mol. The zero-order chi connectivity index (χ0) is 12.8. The lowest BCUT2D eigenvalue weighted by Crippen LogP contribution is -2.01. The Morgan fingerprint density at radius 1 is 1.29 bits per heavy atom. The van der Waals surface area contributed by atoms with Crippen molar-refractivity contribution in [2.75, 3.05) is 7.11 Å². The maximum absolute atomic E-state index is 6.59. The molecule has 2 rings (SSSR count). The summed E-state index contributed by atoms with van der Waals surface area (Å²) in [6.07, 6.45) is 1.23. The van der Waals surface area contributed by atoms with Crippen LogP contribution in [-0.4, -0.2) is 7.11 Å². The Labute approximate surface area is 109 Å². The van der Waals surface area contributed by atoms with Crippen LogP contribution in [0.3, 0.4) is 0 Å². The number of aryl methyl sites for hydroxylation is 2. The van der Waals surface area contributed by atoms with Crippen molar-refractivity contribution < 1.29 is 4.74 Å². The summed E-state index contributed by atoms with van der Waals surface area (Å²) in [6.45, 7) is 8.74. The largest absolute Gasteiger partial charge is 0.496 e. The zero-order valence-corrected chi connectivity index (χ0v) is 12.1. The van der Waals surface area contributed by atoms with Crippen molar-refractivity contribution >= 4 is 11.6 Å². The van der Waals surface area contributed by atoms with Crippen molar-refractivity contribution in [3.8, 4) is 5.75 Å². The van der Waals surface area contributed by atoms with E-state index in [9.17, 15) is 0 Å². The van der Waals surface area contributed by atoms with Gasteiger partial charge in [-0.3, -0.25) is 0 Å². The molecule has 0 bridgehead atoms. The highest BCUT2D eigenvalue weighted by Gasteiger charge is 2.50. The number of ether oxygens (including phenoxy) is 1. The van der Waals surface area contributed by atoms with E-state index in [1.165, 1.54) is 23.1 Å². The molecular weight excluding hydrogens is 232 g/mol. The summed E-state index contributed by atoms with van der Waals surface area (Å²) in [6, 6.07) is 4.33. The Morgan fingerprint density at radius 3 is 2.12 bits per heavy atom. The number of rotatable bonds is 3. The van der Waals surface area contributed by atoms with E-state index >= 15 is 0 Å². The summed E-state index contributed by atoms with van der Waals surface area (Å²) in [5, 5.41) is 0.133. The molecule has 17 heavy (non-hydrogen) atoms. The Balaban J connectivity index is 2.28. The third kappa shape index (κ3) is 2.30. The molecule has 2 atom stereocenters. The fourth-order valence-electron chi connectivity index (χ4n) is 2.70. The average Bonchev–Trinajstić information content (AvgIpc) is 2.86. The van der Waals surface area contributed by atoms with Gasteiger partial charge in [-0.05, 0) is 48.3 Å². The summed E-state index contributed by atoms with van der Waals surface area (Å²) in [5.41, 5.74) is 3.99. The maximum Gasteiger partial charge on any atom is 0.124 e. The van der Waals surface area contributed by atoms with E-state index in [0.717, 1.165) is 5.75 Å². The SMILES string of the molecule is COc1c(C)cc(C(Cl)C2CC2(C)C)cc1C. The van der Waals surface area contributed by atoms with Gasteiger partial charge in [-0.15, -0.1) is 11.6 Å². The van der Waals surface area contributed by atoms with Gasteiger partial charge < -0.3 is 4.74 Å². The highest BCUT2D eigenvalue weighted by atomic mass is 35.5. The van der Waals surface area contributed by atoms with Crippen molar-refractivity contribution in [2.24, 2.45) is 11.3 Å². The molecule has 1 aliphatic rings. The smallest absolute Gasteiger partial charge is 0.124 e. The van der Waals surface area contributed by atoms with Crippen molar-refractivity contribution in [1.82, 2.24) is 0 Å². The van der Waals surface area contributed by atoms with E-state index < -0.39 is 0 Å². The lowest BCUT2D eigenvalue weighted by molar-refractivity contribution is 0.408. The van der Waals surface area contributed by atoms with Gasteiger partial charge in [0.15, 0.2) is 0 Å². The minimum Gasteiger partial charge on any atom is -0.496 e. The quantitative estimate of drug-likeness (QED) is 0.713. The van der Waals surface area contributed by atoms with Crippen LogP contribution >= 0.6 is 11.6 Å². The molecule has 1 aromatic carbocycles. The number of halogens is 1. The van der Waals surface area contributed by atoms with Gasteiger partial charge in [-0.2, -0.15) is 0 Å². The molecule has 0 heterocycles. The average molecular weight is 253 g/mol. The Kier molecular flexibility index (Phi) is 3.15. The molecule has 0 radical (unpaired) electrons. The molecule has 94 valence electrons. The lowest BCUT2D eigenvalue weighted by Gasteiger charge is -2.16. The number of hydrogen-bond donors (Lipinski definition) is 0. The molecule has 1 aliphatic carbocycles. The molecule has 1 nitrogen and oxygen atoms in total. The van der Waals surface area contributed by atoms with Gasteiger partial charge in [-0.1, -0.05) is 26.0 Å². The van der Waals surface area contributed by atoms with Gasteiger partial charge in [-0.25, -0.2) is 0 Å². The van der Waals surface area contributed by atoms with E-state index in [0.29, 0.717) is 11.3 Å². The van der Waals surface area contributed by atoms with Crippen molar-refractivity contribution in [3.63, 3.8) is 0 Å². The molecule has 0 saturated heterocycles. The summed E-state index contributed by atoms with van der Waals surface area (Å²) in [5.74, 6) is 1.59. The first-order valence-electron chi connectivity index (χ1n) is 6.16. The lowest BCUT2D eigenvalue weighted by atomic mass is 9.98. The minimum absolute atomic E-state index is 0.133. The van der Waals surface area contributed by atoms with Crippen LogP contribution in [0.5, 0.6) is 5.75 Å². The Hall–Kier alpha value is -0.690. The third-order valence-corrected chi connectivity index (χ3v) is 4.50. The Morgan fingerprint density at radius 2 is 1.76 bits per heavy atom. The van der Waals surface area contributed by atoms with Crippen LogP contribution in [0.2, 0.25) is 0 Å². The summed E-state index contributed by atoms with van der Waals surface area (Å²) < 4.78 is 5.38. The van der Waals surface area contributed by atoms with Gasteiger partial charge >= 0.3 is 0 Å². The van der Waals surface area contributed by atoms with Crippen LogP contribution in [0.15, 0.2) is 12.1 Å². The van der Waals surface area contributed by atoms with Crippen LogP contribution in [0.25, 0.3) is 0 Å². The molecule has 0 amide bonds. The maximum atomic E-state index is 6.59. The summed E-state index contributed by atoms with van der Waals surface area (Å²) in [4.78, 5) is 0. The predicted molar refractivity (Wildman–Crippen MR) is 73.0 cm³/mol. The molecule has 0 aliphatic heterocycles. The highest BCUT2D eigenvalue weighted by molar-refractivity contribution is 6.21. The second kappa shape index (κ2) is 4.20. The second-order valence-corrected chi connectivity index (χ2v) is 6.36. The molecule has 2 heteroatoms. The molecule has 2 unspecified atom stereocenters. The minimum atomic E-state index is 0.133. The molecule has 1 fully saturated rings. The number of alkyl halides is 1. The number of benzene rings is 1. The van der Waals surface area contributed by atoms with Crippen LogP contribution in [-0.2, 0) is 0 Å². The molecule has 1 saturated carbocycles. The van der Waals surface area contributed by atoms with Crippen LogP contribution < -0.4 is 4.74 Å². The normalized spacial score (nSPS) is 23.3. The van der Waals surface area contributed by atoms with Crippen molar-refractivity contribution in [2.45, 2.75) is 39.5 Å². The van der Waals surface area contributed by atoms with E-state index in [1.807, 2.05) is 0 Å². The first-order chi connectivity index (χ1) is 7.86. The van der Waals surface area contributed by atoms with E-state index in [-0.39, 0.29) is 5.38 Å². The van der Waals surface area contributed by atoms with E-state index in [2.05, 4.69) is 39.8 Å². The summed E-state index contributed by atoms with van der Waals surface area (Å²) in [7, 11) is 1.72. The first-order valence-corrected chi connectivity index (χ1v) is 6.59. The molecular formula is C15H21ClO. The van der Waals surface area contributed by atoms with Gasteiger partial charge in [0.2, 0.25) is 0 Å². The van der Waals surface area contributed by atoms with E-state index in [1.54, 1.807) is 7.11 Å². The number of methoxy groups -OCH3 is 1. The number of hydrogen-bond acceptors (Lipinski definition) is 1.